The van der Waals surface area contributed by atoms with Crippen LogP contribution < -0.4 is 15.2 Å². The van der Waals surface area contributed by atoms with Crippen molar-refractivity contribution in [2.45, 2.75) is 6.54 Å². The number of hydrogen-bond donors (Lipinski definition) is 1. The molecule has 1 aromatic heterocycles. The van der Waals surface area contributed by atoms with Gasteiger partial charge in [-0.2, -0.15) is 0 Å². The van der Waals surface area contributed by atoms with Gasteiger partial charge in [0.05, 0.1) is 42.2 Å². The Balaban J connectivity index is 1.50. The number of para-hydroxylation sites is 1. The monoisotopic (exact) mass is 389 g/mol. The Morgan fingerprint density at radius 2 is 1.81 bits per heavy atom. The maximum absolute atomic E-state index is 12.8. The highest BCUT2D eigenvalue weighted by atomic mass is 35.5. The molecule has 0 aliphatic carbocycles. The van der Waals surface area contributed by atoms with Crippen LogP contribution in [0.1, 0.15) is 5.56 Å². The Kier molecular flexibility index (Phi) is 4.90. The predicted molar refractivity (Wildman–Crippen MR) is 106 cm³/mol. The second-order valence-corrected chi connectivity index (χ2v) is 7.45. The largest absolute Gasteiger partial charge is 0.462 e. The van der Waals surface area contributed by atoms with E-state index < -0.39 is 0 Å². The summed E-state index contributed by atoms with van der Waals surface area (Å²) in [6.45, 7) is 4.53. The molecule has 4 nitrogen and oxygen atoms in total. The average molecular weight is 390 g/mol. The van der Waals surface area contributed by atoms with Gasteiger partial charge in [0.15, 0.2) is 5.58 Å². The van der Waals surface area contributed by atoms with Crippen molar-refractivity contribution < 1.29 is 9.32 Å². The topological polar surface area (TPSA) is 37.9 Å². The summed E-state index contributed by atoms with van der Waals surface area (Å²) in [6, 6.07) is 13.6. The summed E-state index contributed by atoms with van der Waals surface area (Å²) >= 11 is 12.2. The summed E-state index contributed by atoms with van der Waals surface area (Å²) in [4.78, 5) is 16.5. The number of piperazine rings is 1. The van der Waals surface area contributed by atoms with Crippen molar-refractivity contribution in [2.75, 3.05) is 31.1 Å². The molecule has 1 fully saturated rings. The first-order chi connectivity index (χ1) is 12.6. The lowest BCUT2D eigenvalue weighted by Crippen LogP contribution is -3.13. The maximum Gasteiger partial charge on any atom is 0.201 e. The van der Waals surface area contributed by atoms with E-state index in [1.54, 1.807) is 18.4 Å². The molecule has 0 radical (unpaired) electrons. The zero-order chi connectivity index (χ0) is 18.1. The van der Waals surface area contributed by atoms with E-state index in [4.69, 9.17) is 27.6 Å². The third kappa shape index (κ3) is 3.45. The summed E-state index contributed by atoms with van der Waals surface area (Å²) in [7, 11) is 0. The lowest BCUT2D eigenvalue weighted by molar-refractivity contribution is -0.914. The molecule has 134 valence electrons. The number of hydrogen-bond acceptors (Lipinski definition) is 3. The zero-order valence-electron chi connectivity index (χ0n) is 14.2. The van der Waals surface area contributed by atoms with E-state index in [0.29, 0.717) is 33.1 Å². The second kappa shape index (κ2) is 7.31. The van der Waals surface area contributed by atoms with Crippen LogP contribution in [0.25, 0.3) is 11.0 Å². The first kappa shape index (κ1) is 17.4. The van der Waals surface area contributed by atoms with E-state index in [9.17, 15) is 4.79 Å². The summed E-state index contributed by atoms with van der Waals surface area (Å²) in [6.07, 6.45) is 1.54. The molecule has 0 bridgehead atoms. The first-order valence-corrected chi connectivity index (χ1v) is 9.40. The molecule has 0 spiro atoms. The highest BCUT2D eigenvalue weighted by Crippen LogP contribution is 2.26. The Bertz CT molecular complexity index is 980. The molecule has 26 heavy (non-hydrogen) atoms. The van der Waals surface area contributed by atoms with Crippen molar-refractivity contribution in [2.24, 2.45) is 0 Å². The fourth-order valence-corrected chi connectivity index (χ4v) is 4.03. The minimum absolute atomic E-state index is 0.0476. The lowest BCUT2D eigenvalue weighted by atomic mass is 10.1. The van der Waals surface area contributed by atoms with E-state index in [1.165, 1.54) is 10.6 Å². The maximum atomic E-state index is 12.8. The molecule has 0 amide bonds. The van der Waals surface area contributed by atoms with Crippen molar-refractivity contribution in [1.82, 2.24) is 0 Å². The van der Waals surface area contributed by atoms with Crippen molar-refractivity contribution in [3.63, 3.8) is 0 Å². The summed E-state index contributed by atoms with van der Waals surface area (Å²) in [5.74, 6) is 0. The number of quaternary nitrogens is 1. The number of fused-ring (bicyclic) bond motifs is 1. The Morgan fingerprint density at radius 3 is 2.54 bits per heavy atom. The molecular weight excluding hydrogens is 371 g/mol. The normalized spacial score (nSPS) is 15.5. The van der Waals surface area contributed by atoms with E-state index in [0.717, 1.165) is 26.2 Å². The molecular formula is C20H19Cl2N2O2+. The van der Waals surface area contributed by atoms with Crippen LogP contribution in [-0.4, -0.2) is 26.2 Å². The van der Waals surface area contributed by atoms with Crippen molar-refractivity contribution in [1.29, 1.82) is 0 Å². The molecule has 1 N–H and O–H groups in total. The van der Waals surface area contributed by atoms with Crippen molar-refractivity contribution in [3.05, 3.63) is 74.6 Å². The average Bonchev–Trinajstić information content (AvgIpc) is 2.66. The van der Waals surface area contributed by atoms with Crippen LogP contribution >= 0.6 is 23.2 Å². The molecule has 2 aromatic carbocycles. The fraction of sp³-hybridized carbons (Fsp3) is 0.250. The van der Waals surface area contributed by atoms with Crippen molar-refractivity contribution >= 4 is 39.9 Å². The van der Waals surface area contributed by atoms with Gasteiger partial charge in [0.2, 0.25) is 5.43 Å². The highest BCUT2D eigenvalue weighted by molar-refractivity contribution is 6.38. The van der Waals surface area contributed by atoms with Crippen LogP contribution in [0.2, 0.25) is 10.0 Å². The molecule has 2 heterocycles. The molecule has 4 rings (SSSR count). The SMILES string of the molecule is O=c1c(C[NH+]2CCN(c3ccccc3)CC2)coc2c(Cl)cc(Cl)cc12. The van der Waals surface area contributed by atoms with Gasteiger partial charge < -0.3 is 14.2 Å². The standard InChI is InChI=1S/C20H18Cl2N2O2/c21-15-10-17-19(25)14(13-26-20(17)18(22)11-15)12-23-6-8-24(9-7-23)16-4-2-1-3-5-16/h1-5,10-11,13H,6-9,12H2/p+1. The number of halogens is 2. The summed E-state index contributed by atoms with van der Waals surface area (Å²) in [5.41, 5.74) is 2.27. The van der Waals surface area contributed by atoms with Gasteiger partial charge in [-0.15, -0.1) is 0 Å². The number of nitrogens with one attached hydrogen (secondary N) is 1. The minimum Gasteiger partial charge on any atom is -0.462 e. The quantitative estimate of drug-likeness (QED) is 0.747. The van der Waals surface area contributed by atoms with Gasteiger partial charge in [-0.05, 0) is 24.3 Å². The van der Waals surface area contributed by atoms with Crippen LogP contribution in [0.15, 0.2) is 57.9 Å². The van der Waals surface area contributed by atoms with E-state index in [2.05, 4.69) is 29.2 Å². The molecule has 3 aromatic rings. The van der Waals surface area contributed by atoms with Gasteiger partial charge in [0.25, 0.3) is 0 Å². The van der Waals surface area contributed by atoms with E-state index in [-0.39, 0.29) is 5.43 Å². The summed E-state index contributed by atoms with van der Waals surface area (Å²) < 4.78 is 5.63. The van der Waals surface area contributed by atoms with Crippen LogP contribution in [0.5, 0.6) is 0 Å². The van der Waals surface area contributed by atoms with Crippen LogP contribution in [0.4, 0.5) is 5.69 Å². The van der Waals surface area contributed by atoms with Gasteiger partial charge in [0.1, 0.15) is 12.8 Å². The summed E-state index contributed by atoms with van der Waals surface area (Å²) in [5, 5.41) is 1.25. The number of nitrogens with zero attached hydrogens (tertiary/aromatic N) is 1. The van der Waals surface area contributed by atoms with Gasteiger partial charge in [-0.25, -0.2) is 0 Å². The third-order valence-corrected chi connectivity index (χ3v) is 5.40. The Morgan fingerprint density at radius 1 is 1.08 bits per heavy atom. The Hall–Kier alpha value is -2.01. The van der Waals surface area contributed by atoms with Gasteiger partial charge in [-0.3, -0.25) is 4.79 Å². The number of benzene rings is 2. The van der Waals surface area contributed by atoms with Gasteiger partial charge in [0, 0.05) is 10.7 Å². The predicted octanol–water partition coefficient (Wildman–Crippen LogP) is 3.00. The second-order valence-electron chi connectivity index (χ2n) is 6.60. The van der Waals surface area contributed by atoms with E-state index in [1.807, 2.05) is 6.07 Å². The smallest absolute Gasteiger partial charge is 0.201 e. The molecule has 0 atom stereocenters. The molecule has 1 aliphatic heterocycles. The number of rotatable bonds is 3. The van der Waals surface area contributed by atoms with Gasteiger partial charge >= 0.3 is 0 Å². The minimum atomic E-state index is -0.0476. The zero-order valence-corrected chi connectivity index (χ0v) is 15.7. The fourth-order valence-electron chi connectivity index (χ4n) is 3.49. The van der Waals surface area contributed by atoms with Crippen molar-refractivity contribution in [3.8, 4) is 0 Å². The van der Waals surface area contributed by atoms with Crippen LogP contribution in [-0.2, 0) is 6.54 Å². The molecule has 1 aliphatic rings. The van der Waals surface area contributed by atoms with Crippen LogP contribution in [0, 0.1) is 0 Å². The van der Waals surface area contributed by atoms with E-state index >= 15 is 0 Å². The molecule has 6 heteroatoms. The third-order valence-electron chi connectivity index (χ3n) is 4.90. The molecule has 0 unspecified atom stereocenters. The Labute approximate surface area is 161 Å². The van der Waals surface area contributed by atoms with Gasteiger partial charge in [-0.1, -0.05) is 41.4 Å². The first-order valence-electron chi connectivity index (χ1n) is 8.65. The highest BCUT2D eigenvalue weighted by Gasteiger charge is 2.22. The number of anilines is 1. The van der Waals surface area contributed by atoms with Crippen LogP contribution in [0.3, 0.4) is 0 Å². The molecule has 1 saturated heterocycles. The molecule has 0 saturated carbocycles. The lowest BCUT2D eigenvalue weighted by Gasteiger charge is -2.33.